The van der Waals surface area contributed by atoms with Gasteiger partial charge in [-0.15, -0.1) is 0 Å². The predicted octanol–water partition coefficient (Wildman–Crippen LogP) is 4.15. The van der Waals surface area contributed by atoms with Crippen molar-refractivity contribution in [1.29, 1.82) is 0 Å². The topological polar surface area (TPSA) is 78.5 Å². The van der Waals surface area contributed by atoms with Crippen molar-refractivity contribution in [1.82, 2.24) is 14.9 Å². The van der Waals surface area contributed by atoms with Gasteiger partial charge in [0.05, 0.1) is 17.4 Å². The van der Waals surface area contributed by atoms with Crippen LogP contribution in [-0.4, -0.2) is 45.8 Å². The van der Waals surface area contributed by atoms with E-state index in [1.807, 2.05) is 26.8 Å². The Morgan fingerprint density at radius 2 is 1.94 bits per heavy atom. The highest BCUT2D eigenvalue weighted by Crippen LogP contribution is 2.25. The van der Waals surface area contributed by atoms with Crippen LogP contribution in [0, 0.1) is 20.8 Å². The summed E-state index contributed by atoms with van der Waals surface area (Å²) in [5.41, 5.74) is 3.68. The van der Waals surface area contributed by atoms with Crippen molar-refractivity contribution < 1.29 is 9.84 Å². The van der Waals surface area contributed by atoms with Gasteiger partial charge in [-0.05, 0) is 68.6 Å². The summed E-state index contributed by atoms with van der Waals surface area (Å²) in [6, 6.07) is 9.14. The van der Waals surface area contributed by atoms with E-state index in [2.05, 4.69) is 27.9 Å². The number of aliphatic hydroxyl groups excluding tert-OH is 1. The molecule has 0 bridgehead atoms. The molecule has 7 heteroatoms. The van der Waals surface area contributed by atoms with Crippen LogP contribution < -0.4 is 10.3 Å². The Kier molecular flexibility index (Phi) is 7.70. The Labute approximate surface area is 187 Å². The molecule has 0 saturated heterocycles. The number of hydrogen-bond acceptors (Lipinski definition) is 5. The molecule has 0 amide bonds. The predicted molar refractivity (Wildman–Crippen MR) is 125 cm³/mol. The van der Waals surface area contributed by atoms with Crippen molar-refractivity contribution in [2.75, 3.05) is 19.7 Å². The van der Waals surface area contributed by atoms with Crippen molar-refractivity contribution in [2.45, 2.75) is 46.8 Å². The second-order valence-corrected chi connectivity index (χ2v) is 8.46. The van der Waals surface area contributed by atoms with Crippen molar-refractivity contribution in [2.24, 2.45) is 0 Å². The number of rotatable bonds is 9. The van der Waals surface area contributed by atoms with E-state index in [1.54, 1.807) is 18.2 Å². The Balaban J connectivity index is 1.69. The molecule has 6 nitrogen and oxygen atoms in total. The molecule has 1 atom stereocenters. The third-order valence-corrected chi connectivity index (χ3v) is 5.63. The zero-order valence-corrected chi connectivity index (χ0v) is 19.3. The van der Waals surface area contributed by atoms with Gasteiger partial charge in [0.2, 0.25) is 0 Å². The van der Waals surface area contributed by atoms with Crippen LogP contribution in [0.2, 0.25) is 5.02 Å². The molecule has 0 aliphatic carbocycles. The number of benzene rings is 2. The Hall–Kier alpha value is -2.41. The van der Waals surface area contributed by atoms with Gasteiger partial charge in [-0.25, -0.2) is 4.98 Å². The lowest BCUT2D eigenvalue weighted by molar-refractivity contribution is 0.0643. The molecule has 0 spiro atoms. The van der Waals surface area contributed by atoms with Gasteiger partial charge in [-0.2, -0.15) is 0 Å². The number of H-pyrrole nitrogens is 1. The lowest BCUT2D eigenvalue weighted by Gasteiger charge is -2.25. The SMILES string of the molecule is CCCN(Cc1nc2cc(Cl)ccc2c(=O)[nH]1)CC(O)COc1c(C)ccc(C)c1C. The molecule has 0 aliphatic heterocycles. The molecule has 31 heavy (non-hydrogen) atoms. The van der Waals surface area contributed by atoms with Crippen molar-refractivity contribution in [3.05, 3.63) is 68.2 Å². The maximum Gasteiger partial charge on any atom is 0.258 e. The number of hydrogen-bond donors (Lipinski definition) is 2. The fourth-order valence-corrected chi connectivity index (χ4v) is 3.84. The first-order valence-corrected chi connectivity index (χ1v) is 10.9. The summed E-state index contributed by atoms with van der Waals surface area (Å²) in [7, 11) is 0. The summed E-state index contributed by atoms with van der Waals surface area (Å²) < 4.78 is 5.96. The van der Waals surface area contributed by atoms with Crippen LogP contribution in [0.5, 0.6) is 5.75 Å². The number of ether oxygens (including phenoxy) is 1. The maximum absolute atomic E-state index is 12.4. The standard InChI is InChI=1S/C24H30ClN3O3/c1-5-10-28(12-19(29)14-31-23-16(3)7-6-15(2)17(23)4)13-22-26-21-11-18(25)8-9-20(21)24(30)27-22/h6-9,11,19,29H,5,10,12-14H2,1-4H3,(H,26,27,30). The first kappa shape index (κ1) is 23.3. The minimum absolute atomic E-state index is 0.192. The lowest BCUT2D eigenvalue weighted by Crippen LogP contribution is -2.36. The van der Waals surface area contributed by atoms with Gasteiger partial charge >= 0.3 is 0 Å². The van der Waals surface area contributed by atoms with E-state index in [0.717, 1.165) is 35.4 Å². The summed E-state index contributed by atoms with van der Waals surface area (Å²) in [5, 5.41) is 11.7. The van der Waals surface area contributed by atoms with Crippen LogP contribution in [-0.2, 0) is 6.54 Å². The average molecular weight is 444 g/mol. The Morgan fingerprint density at radius 3 is 2.68 bits per heavy atom. The fourth-order valence-electron chi connectivity index (χ4n) is 3.68. The number of halogens is 1. The van der Waals surface area contributed by atoms with Crippen molar-refractivity contribution in [3.8, 4) is 5.75 Å². The number of aliphatic hydroxyl groups is 1. The highest BCUT2D eigenvalue weighted by Gasteiger charge is 2.16. The second-order valence-electron chi connectivity index (χ2n) is 8.03. The Bertz CT molecular complexity index is 1110. The monoisotopic (exact) mass is 443 g/mol. The van der Waals surface area contributed by atoms with Gasteiger partial charge in [-0.3, -0.25) is 9.69 Å². The molecular weight excluding hydrogens is 414 g/mol. The summed E-state index contributed by atoms with van der Waals surface area (Å²) in [6.07, 6.45) is 0.236. The van der Waals surface area contributed by atoms with E-state index in [-0.39, 0.29) is 12.2 Å². The molecule has 0 saturated carbocycles. The molecule has 166 valence electrons. The van der Waals surface area contributed by atoms with Crippen LogP contribution in [0.4, 0.5) is 0 Å². The van der Waals surface area contributed by atoms with Crippen molar-refractivity contribution >= 4 is 22.5 Å². The molecule has 1 heterocycles. The first-order valence-electron chi connectivity index (χ1n) is 10.6. The number of nitrogens with one attached hydrogen (secondary N) is 1. The van der Waals surface area contributed by atoms with Gasteiger partial charge in [0.15, 0.2) is 0 Å². The van der Waals surface area contributed by atoms with E-state index < -0.39 is 6.10 Å². The first-order chi connectivity index (χ1) is 14.8. The maximum atomic E-state index is 12.4. The molecule has 1 unspecified atom stereocenters. The highest BCUT2D eigenvalue weighted by atomic mass is 35.5. The molecular formula is C24H30ClN3O3. The zero-order chi connectivity index (χ0) is 22.5. The highest BCUT2D eigenvalue weighted by molar-refractivity contribution is 6.31. The molecule has 0 aliphatic rings. The van der Waals surface area contributed by atoms with Crippen LogP contribution in [0.3, 0.4) is 0 Å². The third kappa shape index (κ3) is 5.85. The number of aromatic amines is 1. The summed E-state index contributed by atoms with van der Waals surface area (Å²) >= 11 is 6.06. The smallest absolute Gasteiger partial charge is 0.258 e. The molecule has 0 fully saturated rings. The largest absolute Gasteiger partial charge is 0.490 e. The van der Waals surface area contributed by atoms with Gasteiger partial charge in [0.1, 0.15) is 24.3 Å². The molecule has 0 radical (unpaired) electrons. The molecule has 1 aromatic heterocycles. The molecule has 2 aromatic carbocycles. The minimum atomic E-state index is -0.674. The van der Waals surface area contributed by atoms with Gasteiger partial charge in [-0.1, -0.05) is 30.7 Å². The molecule has 2 N–H and O–H groups in total. The Morgan fingerprint density at radius 1 is 1.19 bits per heavy atom. The average Bonchev–Trinajstić information content (AvgIpc) is 2.70. The van der Waals surface area contributed by atoms with E-state index in [9.17, 15) is 9.90 Å². The summed E-state index contributed by atoms with van der Waals surface area (Å²) in [6.45, 7) is 9.95. The number of fused-ring (bicyclic) bond motifs is 1. The van der Waals surface area contributed by atoms with Gasteiger partial charge < -0.3 is 14.8 Å². The summed E-state index contributed by atoms with van der Waals surface area (Å²) in [4.78, 5) is 21.9. The van der Waals surface area contributed by atoms with Crippen LogP contribution in [0.15, 0.2) is 35.1 Å². The fraction of sp³-hybridized carbons (Fsp3) is 0.417. The summed E-state index contributed by atoms with van der Waals surface area (Å²) in [5.74, 6) is 1.38. The number of nitrogens with zero attached hydrogens (tertiary/aromatic N) is 2. The van der Waals surface area contributed by atoms with Crippen LogP contribution in [0.1, 0.15) is 35.9 Å². The van der Waals surface area contributed by atoms with Crippen LogP contribution >= 0.6 is 11.6 Å². The quantitative estimate of drug-likeness (QED) is 0.519. The molecule has 3 rings (SSSR count). The minimum Gasteiger partial charge on any atom is -0.490 e. The van der Waals surface area contributed by atoms with Crippen molar-refractivity contribution in [3.63, 3.8) is 0 Å². The second kappa shape index (κ2) is 10.3. The number of aromatic nitrogens is 2. The van der Waals surface area contributed by atoms with E-state index in [0.29, 0.717) is 34.8 Å². The third-order valence-electron chi connectivity index (χ3n) is 5.39. The van der Waals surface area contributed by atoms with E-state index >= 15 is 0 Å². The lowest BCUT2D eigenvalue weighted by atomic mass is 10.1. The van der Waals surface area contributed by atoms with Gasteiger partial charge in [0, 0.05) is 11.6 Å². The normalized spacial score (nSPS) is 12.5. The zero-order valence-electron chi connectivity index (χ0n) is 18.5. The van der Waals surface area contributed by atoms with E-state index in [1.165, 1.54) is 0 Å². The number of aryl methyl sites for hydroxylation is 2. The molecule has 3 aromatic rings. The van der Waals surface area contributed by atoms with E-state index in [4.69, 9.17) is 16.3 Å². The van der Waals surface area contributed by atoms with Gasteiger partial charge in [0.25, 0.3) is 5.56 Å². The van der Waals surface area contributed by atoms with Crippen LogP contribution in [0.25, 0.3) is 10.9 Å².